The molecule has 2 aliphatic rings. The van der Waals surface area contributed by atoms with Crippen molar-refractivity contribution in [3.05, 3.63) is 77.2 Å². The number of nitrogens with zero attached hydrogens (tertiary/aromatic N) is 4. The summed E-state index contributed by atoms with van der Waals surface area (Å²) in [7, 11) is 7.11. The Hall–Kier alpha value is -4.21. The van der Waals surface area contributed by atoms with E-state index in [1.807, 2.05) is 47.6 Å². The summed E-state index contributed by atoms with van der Waals surface area (Å²) in [5.74, 6) is 0. The summed E-state index contributed by atoms with van der Waals surface area (Å²) in [6, 6.07) is 18.4. The van der Waals surface area contributed by atoms with Crippen LogP contribution in [0.5, 0.6) is 0 Å². The molecule has 1 fully saturated rings. The van der Waals surface area contributed by atoms with Crippen molar-refractivity contribution in [3.63, 3.8) is 0 Å². The van der Waals surface area contributed by atoms with E-state index in [0.717, 1.165) is 24.1 Å². The van der Waals surface area contributed by atoms with Gasteiger partial charge in [-0.1, -0.05) is 51.1 Å². The van der Waals surface area contributed by atoms with Crippen molar-refractivity contribution < 1.29 is 0 Å². The Kier molecular flexibility index (Phi) is 6.19. The zero-order valence-corrected chi connectivity index (χ0v) is 21.3. The van der Waals surface area contributed by atoms with Gasteiger partial charge >= 0.3 is 0 Å². The Bertz CT molecular complexity index is 1440. The van der Waals surface area contributed by atoms with Gasteiger partial charge in [-0.15, -0.1) is 5.53 Å². The maximum atomic E-state index is 9.99. The van der Waals surface area contributed by atoms with Gasteiger partial charge < -0.3 is 16.1 Å². The zero-order chi connectivity index (χ0) is 26.2. The molecule has 1 unspecified atom stereocenters. The summed E-state index contributed by atoms with van der Waals surface area (Å²) in [5.41, 5.74) is 9.53. The van der Waals surface area contributed by atoms with Gasteiger partial charge in [-0.05, 0) is 36.0 Å². The van der Waals surface area contributed by atoms with E-state index in [4.69, 9.17) is 7.85 Å². The number of rotatable bonds is 7. The van der Waals surface area contributed by atoms with Crippen molar-refractivity contribution in [2.24, 2.45) is 5.41 Å². The molecule has 1 saturated carbocycles. The molecule has 37 heavy (non-hydrogen) atoms. The number of hydrazine groups is 2. The highest BCUT2D eigenvalue weighted by Gasteiger charge is 2.37. The van der Waals surface area contributed by atoms with Gasteiger partial charge in [0.2, 0.25) is 0 Å². The highest BCUT2D eigenvalue weighted by molar-refractivity contribution is 6.19. The van der Waals surface area contributed by atoms with Crippen LogP contribution in [0.25, 0.3) is 10.9 Å². The van der Waals surface area contributed by atoms with Crippen molar-refractivity contribution in [2.75, 3.05) is 17.2 Å². The van der Waals surface area contributed by atoms with E-state index in [-0.39, 0.29) is 5.41 Å². The summed E-state index contributed by atoms with van der Waals surface area (Å²) < 4.78 is 0. The van der Waals surface area contributed by atoms with E-state index in [9.17, 15) is 10.5 Å². The van der Waals surface area contributed by atoms with Crippen molar-refractivity contribution in [1.29, 1.82) is 10.5 Å². The number of fused-ring (bicyclic) bond motifs is 1. The number of pyridine rings is 1. The number of anilines is 2. The summed E-state index contributed by atoms with van der Waals surface area (Å²) in [5, 5.41) is 29.4. The minimum atomic E-state index is -1.13. The van der Waals surface area contributed by atoms with Crippen molar-refractivity contribution in [3.8, 4) is 12.1 Å². The number of nitriles is 2. The Morgan fingerprint density at radius 2 is 1.84 bits per heavy atom. The fourth-order valence-corrected chi connectivity index (χ4v) is 4.39. The van der Waals surface area contributed by atoms with Crippen molar-refractivity contribution >= 4 is 30.1 Å². The maximum Gasteiger partial charge on any atom is 0.119 e. The monoisotopic (exact) mass is 488 g/mol. The van der Waals surface area contributed by atoms with Gasteiger partial charge in [0.15, 0.2) is 0 Å². The second-order valence-electron chi connectivity index (χ2n) is 10.8. The summed E-state index contributed by atoms with van der Waals surface area (Å²) >= 11 is 0. The third kappa shape index (κ3) is 4.91. The maximum absolute atomic E-state index is 9.99. The molecule has 2 radical (unpaired) electrons. The smallest absolute Gasteiger partial charge is 0.119 e. The summed E-state index contributed by atoms with van der Waals surface area (Å²) in [4.78, 5) is 4.45. The first kappa shape index (κ1) is 24.5. The Balaban J connectivity index is 1.62. The molecular formula is C28H29BN8. The molecule has 1 aliphatic carbocycles. The quantitative estimate of drug-likeness (QED) is 0.366. The van der Waals surface area contributed by atoms with Gasteiger partial charge in [0, 0.05) is 36.1 Å². The predicted octanol–water partition coefficient (Wildman–Crippen LogP) is 4.20. The van der Waals surface area contributed by atoms with Crippen LogP contribution in [-0.4, -0.2) is 30.4 Å². The van der Waals surface area contributed by atoms with Crippen LogP contribution in [0.3, 0.4) is 0 Å². The topological polar surface area (TPSA) is 112 Å². The van der Waals surface area contributed by atoms with Gasteiger partial charge in [-0.25, -0.2) is 0 Å². The summed E-state index contributed by atoms with van der Waals surface area (Å²) in [6.07, 6.45) is 5.77. The van der Waals surface area contributed by atoms with E-state index in [0.29, 0.717) is 46.0 Å². The van der Waals surface area contributed by atoms with Crippen LogP contribution in [0.1, 0.15) is 50.3 Å². The predicted molar refractivity (Wildman–Crippen MR) is 146 cm³/mol. The highest BCUT2D eigenvalue weighted by atomic mass is 15.7. The molecule has 0 saturated heterocycles. The normalized spacial score (nSPS) is 16.8. The number of hydrogen-bond donors (Lipinski definition) is 4. The third-order valence-electron chi connectivity index (χ3n) is 6.53. The Morgan fingerprint density at radius 3 is 2.49 bits per heavy atom. The minimum Gasteiger partial charge on any atom is -0.383 e. The lowest BCUT2D eigenvalue weighted by Crippen LogP contribution is -2.45. The molecule has 5 rings (SSSR count). The molecular weight excluding hydrogens is 459 g/mol. The molecule has 3 aromatic rings. The Morgan fingerprint density at radius 1 is 1.11 bits per heavy atom. The standard InChI is InChI=1S/C28H29BN8/c1-27(2,3)17-33-26-19(14-31)15-32-25-18(13-30)11-21(12-23(25)26)34-28(29,20-7-5-4-6-8-20)24-16-37(36-35-24)22-9-10-22/h4-8,11-12,15-16,22,34-36H,9-10,17H2,1-3H3,(H,32,33). The second-order valence-corrected chi connectivity index (χ2v) is 10.8. The molecule has 1 aliphatic heterocycles. The average Bonchev–Trinajstić information content (AvgIpc) is 3.62. The largest absolute Gasteiger partial charge is 0.383 e. The molecule has 0 amide bonds. The van der Waals surface area contributed by atoms with Gasteiger partial charge in [0.05, 0.1) is 33.5 Å². The molecule has 0 spiro atoms. The lowest BCUT2D eigenvalue weighted by atomic mass is 9.69. The minimum absolute atomic E-state index is 0.0169. The molecule has 2 heterocycles. The molecule has 184 valence electrons. The lowest BCUT2D eigenvalue weighted by Gasteiger charge is -2.34. The molecule has 9 heteroatoms. The van der Waals surface area contributed by atoms with Crippen molar-refractivity contribution in [1.82, 2.24) is 21.0 Å². The SMILES string of the molecule is [B]C(Nc1cc(C#N)c2ncc(C#N)c(NCC(C)(C)C)c2c1)(C1=CN(C2CC2)NN1)c1ccccc1. The molecule has 1 atom stereocenters. The van der Waals surface area contributed by atoms with E-state index in [2.05, 4.69) is 59.5 Å². The summed E-state index contributed by atoms with van der Waals surface area (Å²) in [6.45, 7) is 7.00. The molecule has 1 aromatic heterocycles. The average molecular weight is 488 g/mol. The fourth-order valence-electron chi connectivity index (χ4n) is 4.39. The van der Waals surface area contributed by atoms with Crippen LogP contribution in [-0.2, 0) is 5.44 Å². The fraction of sp³-hybridized carbons (Fsp3) is 0.321. The van der Waals surface area contributed by atoms with Crippen LogP contribution >= 0.6 is 0 Å². The van der Waals surface area contributed by atoms with E-state index < -0.39 is 5.44 Å². The van der Waals surface area contributed by atoms with E-state index in [1.165, 1.54) is 6.20 Å². The lowest BCUT2D eigenvalue weighted by molar-refractivity contribution is 0.260. The first-order chi connectivity index (χ1) is 17.7. The van der Waals surface area contributed by atoms with Gasteiger partial charge in [-0.2, -0.15) is 10.5 Å². The zero-order valence-electron chi connectivity index (χ0n) is 21.3. The molecule has 0 bridgehead atoms. The third-order valence-corrected chi connectivity index (χ3v) is 6.53. The Labute approximate surface area is 218 Å². The first-order valence-corrected chi connectivity index (χ1v) is 12.4. The van der Waals surface area contributed by atoms with Gasteiger partial charge in [0.25, 0.3) is 0 Å². The first-order valence-electron chi connectivity index (χ1n) is 12.4. The van der Waals surface area contributed by atoms with Gasteiger partial charge in [-0.3, -0.25) is 9.99 Å². The van der Waals surface area contributed by atoms with Crippen molar-refractivity contribution in [2.45, 2.75) is 45.1 Å². The highest BCUT2D eigenvalue weighted by Crippen LogP contribution is 2.37. The van der Waals surface area contributed by atoms with Crippen LogP contribution in [0, 0.1) is 28.1 Å². The second kappa shape index (κ2) is 9.35. The van der Waals surface area contributed by atoms with Crippen LogP contribution in [0.15, 0.2) is 60.6 Å². The number of hydrogen-bond acceptors (Lipinski definition) is 8. The van der Waals surface area contributed by atoms with Crippen LogP contribution in [0.2, 0.25) is 0 Å². The van der Waals surface area contributed by atoms with Gasteiger partial charge in [0.1, 0.15) is 20.0 Å². The molecule has 2 aromatic carbocycles. The van der Waals surface area contributed by atoms with Crippen LogP contribution in [0.4, 0.5) is 11.4 Å². The number of aromatic nitrogens is 1. The molecule has 8 nitrogen and oxygen atoms in total. The number of nitrogens with one attached hydrogen (secondary N) is 4. The van der Waals surface area contributed by atoms with E-state index >= 15 is 0 Å². The van der Waals surface area contributed by atoms with E-state index in [1.54, 1.807) is 6.07 Å². The number of benzene rings is 2. The van der Waals surface area contributed by atoms with Crippen LogP contribution < -0.4 is 21.6 Å². The molecule has 4 N–H and O–H groups in total.